The van der Waals surface area contributed by atoms with Crippen LogP contribution in [0.2, 0.25) is 5.02 Å². The van der Waals surface area contributed by atoms with Gasteiger partial charge in [0.1, 0.15) is 5.75 Å². The van der Waals surface area contributed by atoms with Gasteiger partial charge in [0.25, 0.3) is 0 Å². The molecule has 0 aliphatic rings. The number of Topliss-reactive ketones (excluding diaryl/α,β-unsaturated/α-hetero) is 1. The Morgan fingerprint density at radius 1 is 1.47 bits per heavy atom. The maximum absolute atomic E-state index is 12.2. The number of halogens is 1. The Labute approximate surface area is 107 Å². The normalized spacial score (nSPS) is 12.6. The molecule has 2 N–H and O–H groups in total. The molecule has 0 aromatic heterocycles. The van der Waals surface area contributed by atoms with Gasteiger partial charge in [-0.1, -0.05) is 25.4 Å². The third kappa shape index (κ3) is 3.20. The molecule has 0 saturated heterocycles. The highest BCUT2D eigenvalue weighted by Crippen LogP contribution is 2.27. The summed E-state index contributed by atoms with van der Waals surface area (Å²) in [6, 6.07) is 5.04. The van der Waals surface area contributed by atoms with Crippen molar-refractivity contribution in [2.45, 2.75) is 13.8 Å². The average Bonchev–Trinajstić information content (AvgIpc) is 2.29. The van der Waals surface area contributed by atoms with Crippen LogP contribution in [0.15, 0.2) is 18.2 Å². The van der Waals surface area contributed by atoms with Crippen LogP contribution in [0.3, 0.4) is 0 Å². The molecular formula is C13H18ClNO2. The zero-order chi connectivity index (χ0) is 13.0. The van der Waals surface area contributed by atoms with Crippen LogP contribution in [-0.4, -0.2) is 19.4 Å². The molecule has 0 aliphatic heterocycles. The van der Waals surface area contributed by atoms with Gasteiger partial charge in [-0.15, -0.1) is 0 Å². The van der Waals surface area contributed by atoms with Crippen LogP contribution in [0.4, 0.5) is 0 Å². The first-order chi connectivity index (χ1) is 8.01. The zero-order valence-electron chi connectivity index (χ0n) is 10.4. The third-order valence-electron chi connectivity index (χ3n) is 2.83. The highest BCUT2D eigenvalue weighted by atomic mass is 35.5. The lowest BCUT2D eigenvalue weighted by Crippen LogP contribution is -2.28. The predicted molar refractivity (Wildman–Crippen MR) is 69.7 cm³/mol. The maximum Gasteiger partial charge on any atom is 0.167 e. The van der Waals surface area contributed by atoms with E-state index in [0.29, 0.717) is 22.9 Å². The third-order valence-corrected chi connectivity index (χ3v) is 3.14. The van der Waals surface area contributed by atoms with Gasteiger partial charge < -0.3 is 10.5 Å². The molecule has 0 bridgehead atoms. The van der Waals surface area contributed by atoms with Gasteiger partial charge in [0, 0.05) is 18.0 Å². The van der Waals surface area contributed by atoms with Crippen LogP contribution in [0.25, 0.3) is 0 Å². The Morgan fingerprint density at radius 2 is 2.12 bits per heavy atom. The average molecular weight is 256 g/mol. The summed E-state index contributed by atoms with van der Waals surface area (Å²) in [6.07, 6.45) is 0. The summed E-state index contributed by atoms with van der Waals surface area (Å²) in [5, 5.41) is 0.498. The van der Waals surface area contributed by atoms with E-state index >= 15 is 0 Å². The number of benzene rings is 1. The minimum Gasteiger partial charge on any atom is -0.495 e. The minimum absolute atomic E-state index is 0.0393. The fourth-order valence-electron chi connectivity index (χ4n) is 1.71. The van der Waals surface area contributed by atoms with Gasteiger partial charge in [-0.2, -0.15) is 0 Å². The van der Waals surface area contributed by atoms with Crippen molar-refractivity contribution in [3.05, 3.63) is 28.8 Å². The molecule has 1 rings (SSSR count). The number of hydrogen-bond acceptors (Lipinski definition) is 3. The van der Waals surface area contributed by atoms with E-state index in [9.17, 15) is 4.79 Å². The van der Waals surface area contributed by atoms with E-state index < -0.39 is 0 Å². The first-order valence-corrected chi connectivity index (χ1v) is 5.96. The first-order valence-electron chi connectivity index (χ1n) is 5.59. The van der Waals surface area contributed by atoms with Crippen molar-refractivity contribution in [1.29, 1.82) is 0 Å². The second kappa shape index (κ2) is 6.03. The zero-order valence-corrected chi connectivity index (χ0v) is 11.1. The molecule has 0 heterocycles. The standard InChI is InChI=1S/C13H18ClNO2/c1-8(2)10(7-15)13(16)9-4-5-11(14)12(6-9)17-3/h4-6,8,10H,7,15H2,1-3H3. The van der Waals surface area contributed by atoms with Crippen molar-refractivity contribution >= 4 is 17.4 Å². The highest BCUT2D eigenvalue weighted by molar-refractivity contribution is 6.32. The largest absolute Gasteiger partial charge is 0.495 e. The first kappa shape index (κ1) is 14.0. The second-order valence-electron chi connectivity index (χ2n) is 4.30. The van der Waals surface area contributed by atoms with Gasteiger partial charge in [-0.3, -0.25) is 4.79 Å². The van der Waals surface area contributed by atoms with Crippen LogP contribution < -0.4 is 10.5 Å². The summed E-state index contributed by atoms with van der Waals surface area (Å²) in [6.45, 7) is 4.33. The van der Waals surface area contributed by atoms with E-state index in [4.69, 9.17) is 22.1 Å². The fourth-order valence-corrected chi connectivity index (χ4v) is 1.90. The van der Waals surface area contributed by atoms with Gasteiger partial charge in [0.15, 0.2) is 5.78 Å². The summed E-state index contributed by atoms with van der Waals surface area (Å²) < 4.78 is 5.09. The molecule has 1 unspecified atom stereocenters. The maximum atomic E-state index is 12.2. The van der Waals surface area contributed by atoms with Crippen LogP contribution in [0.1, 0.15) is 24.2 Å². The minimum atomic E-state index is -0.166. The Bertz CT molecular complexity index is 404. The van der Waals surface area contributed by atoms with E-state index in [0.717, 1.165) is 0 Å². The smallest absolute Gasteiger partial charge is 0.167 e. The number of rotatable bonds is 5. The number of hydrogen-bond donors (Lipinski definition) is 1. The second-order valence-corrected chi connectivity index (χ2v) is 4.71. The molecule has 94 valence electrons. The van der Waals surface area contributed by atoms with Crippen molar-refractivity contribution in [2.75, 3.05) is 13.7 Å². The number of carbonyl (C=O) groups is 1. The molecular weight excluding hydrogens is 238 g/mol. The predicted octanol–water partition coefficient (Wildman–Crippen LogP) is 2.76. The molecule has 4 heteroatoms. The summed E-state index contributed by atoms with van der Waals surface area (Å²) in [5.41, 5.74) is 6.23. The molecule has 1 aromatic carbocycles. The lowest BCUT2D eigenvalue weighted by molar-refractivity contribution is 0.0892. The SMILES string of the molecule is COc1cc(C(=O)C(CN)C(C)C)ccc1Cl. The fraction of sp³-hybridized carbons (Fsp3) is 0.462. The molecule has 0 radical (unpaired) electrons. The summed E-state index contributed by atoms with van der Waals surface area (Å²) in [4.78, 5) is 12.2. The van der Waals surface area contributed by atoms with Gasteiger partial charge in [0.05, 0.1) is 12.1 Å². The Morgan fingerprint density at radius 3 is 2.59 bits per heavy atom. The van der Waals surface area contributed by atoms with E-state index in [1.807, 2.05) is 13.8 Å². The van der Waals surface area contributed by atoms with Gasteiger partial charge >= 0.3 is 0 Å². The lowest BCUT2D eigenvalue weighted by atomic mass is 9.88. The van der Waals surface area contributed by atoms with Crippen molar-refractivity contribution < 1.29 is 9.53 Å². The molecule has 1 aromatic rings. The molecule has 0 saturated carbocycles. The molecule has 1 atom stereocenters. The van der Waals surface area contributed by atoms with Crippen LogP contribution in [-0.2, 0) is 0 Å². The Kier molecular flexibility index (Phi) is 4.97. The summed E-state index contributed by atoms with van der Waals surface area (Å²) in [5.74, 6) is 0.601. The number of ketones is 1. The number of ether oxygens (including phenoxy) is 1. The molecule has 0 fully saturated rings. The summed E-state index contributed by atoms with van der Waals surface area (Å²) >= 11 is 5.92. The van der Waals surface area contributed by atoms with Crippen LogP contribution >= 0.6 is 11.6 Å². The lowest BCUT2D eigenvalue weighted by Gasteiger charge is -2.17. The van der Waals surface area contributed by atoms with Crippen molar-refractivity contribution in [2.24, 2.45) is 17.6 Å². The Balaban J connectivity index is 3.03. The molecule has 0 amide bonds. The van der Waals surface area contributed by atoms with E-state index in [2.05, 4.69) is 0 Å². The van der Waals surface area contributed by atoms with E-state index in [1.165, 1.54) is 7.11 Å². The quantitative estimate of drug-likeness (QED) is 0.823. The number of nitrogens with two attached hydrogens (primary N) is 1. The summed E-state index contributed by atoms with van der Waals surface area (Å²) in [7, 11) is 1.53. The highest BCUT2D eigenvalue weighted by Gasteiger charge is 2.22. The van der Waals surface area contributed by atoms with Crippen molar-refractivity contribution in [3.63, 3.8) is 0 Å². The van der Waals surface area contributed by atoms with Crippen LogP contribution in [0, 0.1) is 11.8 Å². The van der Waals surface area contributed by atoms with Gasteiger partial charge in [0.2, 0.25) is 0 Å². The number of methoxy groups -OCH3 is 1. The van der Waals surface area contributed by atoms with Crippen molar-refractivity contribution in [3.8, 4) is 5.75 Å². The molecule has 0 spiro atoms. The van der Waals surface area contributed by atoms with Gasteiger partial charge in [-0.25, -0.2) is 0 Å². The van der Waals surface area contributed by atoms with Crippen LogP contribution in [0.5, 0.6) is 5.75 Å². The van der Waals surface area contributed by atoms with Gasteiger partial charge in [-0.05, 0) is 24.1 Å². The Hall–Kier alpha value is -1.06. The van der Waals surface area contributed by atoms with Crippen molar-refractivity contribution in [1.82, 2.24) is 0 Å². The number of carbonyl (C=O) groups excluding carboxylic acids is 1. The molecule has 0 aliphatic carbocycles. The van der Waals surface area contributed by atoms with E-state index in [-0.39, 0.29) is 17.6 Å². The van der Waals surface area contributed by atoms with E-state index in [1.54, 1.807) is 18.2 Å². The topological polar surface area (TPSA) is 52.3 Å². The molecule has 3 nitrogen and oxygen atoms in total. The molecule has 17 heavy (non-hydrogen) atoms. The monoisotopic (exact) mass is 255 g/mol.